The zero-order valence-corrected chi connectivity index (χ0v) is 17.7. The summed E-state index contributed by atoms with van der Waals surface area (Å²) in [7, 11) is 0. The smallest absolute Gasteiger partial charge is 0.317 e. The number of carbonyl (C=O) groups is 2. The van der Waals surface area contributed by atoms with Gasteiger partial charge in [0.05, 0.1) is 0 Å². The lowest BCUT2D eigenvalue weighted by molar-refractivity contribution is 0.0950. The highest BCUT2D eigenvalue weighted by atomic mass is 35.5. The minimum absolute atomic E-state index is 0.0124. The molecule has 2 aromatic rings. The van der Waals surface area contributed by atoms with Crippen LogP contribution in [0.15, 0.2) is 48.5 Å². The Morgan fingerprint density at radius 3 is 2.66 bits per heavy atom. The number of carbonyl (C=O) groups excluding carboxylic acids is 2. The second-order valence-electron chi connectivity index (χ2n) is 7.82. The van der Waals surface area contributed by atoms with Crippen molar-refractivity contribution in [1.29, 1.82) is 0 Å². The molecule has 154 valence electrons. The van der Waals surface area contributed by atoms with Crippen molar-refractivity contribution in [3.8, 4) is 0 Å². The molecular weight excluding hydrogens is 386 g/mol. The molecule has 1 heterocycles. The first-order valence-electron chi connectivity index (χ1n) is 10.1. The SMILES string of the molecule is CC(C)NC(=O)N1CCCC(c2cccc(C(=O)NCc3ccc(Cl)cc3)c2)C1. The van der Waals surface area contributed by atoms with Gasteiger partial charge in [-0.1, -0.05) is 35.9 Å². The largest absolute Gasteiger partial charge is 0.348 e. The summed E-state index contributed by atoms with van der Waals surface area (Å²) in [6.45, 7) is 5.83. The van der Waals surface area contributed by atoms with Gasteiger partial charge in [-0.2, -0.15) is 0 Å². The number of likely N-dealkylation sites (tertiary alicyclic amines) is 1. The van der Waals surface area contributed by atoms with E-state index >= 15 is 0 Å². The van der Waals surface area contributed by atoms with Crippen molar-refractivity contribution in [1.82, 2.24) is 15.5 Å². The lowest BCUT2D eigenvalue weighted by Gasteiger charge is -2.33. The molecule has 2 aromatic carbocycles. The van der Waals surface area contributed by atoms with Crippen LogP contribution in [0.5, 0.6) is 0 Å². The molecule has 0 saturated carbocycles. The van der Waals surface area contributed by atoms with Gasteiger partial charge in [0.2, 0.25) is 0 Å². The second kappa shape index (κ2) is 9.79. The van der Waals surface area contributed by atoms with Crippen LogP contribution in [0.25, 0.3) is 0 Å². The molecule has 1 atom stereocenters. The molecule has 0 bridgehead atoms. The normalized spacial score (nSPS) is 16.6. The lowest BCUT2D eigenvalue weighted by Crippen LogP contribution is -2.47. The molecule has 29 heavy (non-hydrogen) atoms. The van der Waals surface area contributed by atoms with Crippen LogP contribution in [-0.4, -0.2) is 36.0 Å². The molecule has 1 saturated heterocycles. The van der Waals surface area contributed by atoms with E-state index in [1.54, 1.807) is 0 Å². The van der Waals surface area contributed by atoms with Crippen molar-refractivity contribution in [2.24, 2.45) is 0 Å². The maximum absolute atomic E-state index is 12.6. The highest BCUT2D eigenvalue weighted by Gasteiger charge is 2.25. The molecule has 1 fully saturated rings. The second-order valence-corrected chi connectivity index (χ2v) is 8.26. The number of benzene rings is 2. The molecule has 6 heteroatoms. The fourth-order valence-electron chi connectivity index (χ4n) is 3.59. The molecule has 1 aliphatic rings. The van der Waals surface area contributed by atoms with Crippen LogP contribution in [-0.2, 0) is 6.54 Å². The minimum atomic E-state index is -0.105. The molecule has 3 amide bonds. The highest BCUT2D eigenvalue weighted by Crippen LogP contribution is 2.27. The van der Waals surface area contributed by atoms with Crippen molar-refractivity contribution in [2.75, 3.05) is 13.1 Å². The van der Waals surface area contributed by atoms with Crippen LogP contribution in [0.3, 0.4) is 0 Å². The summed E-state index contributed by atoms with van der Waals surface area (Å²) in [6.07, 6.45) is 1.98. The molecular formula is C23H28ClN3O2. The Balaban J connectivity index is 1.63. The summed E-state index contributed by atoms with van der Waals surface area (Å²) in [5.41, 5.74) is 2.74. The number of nitrogens with one attached hydrogen (secondary N) is 2. The number of hydrogen-bond acceptors (Lipinski definition) is 2. The topological polar surface area (TPSA) is 61.4 Å². The number of piperidine rings is 1. The van der Waals surface area contributed by atoms with E-state index < -0.39 is 0 Å². The quantitative estimate of drug-likeness (QED) is 0.754. The third-order valence-corrected chi connectivity index (χ3v) is 5.36. The predicted molar refractivity (Wildman–Crippen MR) is 116 cm³/mol. The first kappa shape index (κ1) is 21.2. The summed E-state index contributed by atoms with van der Waals surface area (Å²) < 4.78 is 0. The Morgan fingerprint density at radius 2 is 1.93 bits per heavy atom. The van der Waals surface area contributed by atoms with Crippen LogP contribution >= 0.6 is 11.6 Å². The van der Waals surface area contributed by atoms with Gasteiger partial charge in [-0.05, 0) is 62.1 Å². The van der Waals surface area contributed by atoms with Crippen molar-refractivity contribution in [3.63, 3.8) is 0 Å². The van der Waals surface area contributed by atoms with Crippen molar-refractivity contribution in [2.45, 2.75) is 45.2 Å². The molecule has 0 radical (unpaired) electrons. The van der Waals surface area contributed by atoms with Gasteiger partial charge in [-0.25, -0.2) is 4.79 Å². The zero-order valence-electron chi connectivity index (χ0n) is 17.0. The molecule has 1 aliphatic heterocycles. The summed E-state index contributed by atoms with van der Waals surface area (Å²) in [4.78, 5) is 26.8. The van der Waals surface area contributed by atoms with E-state index in [9.17, 15) is 9.59 Å². The van der Waals surface area contributed by atoms with Gasteiger partial charge < -0.3 is 15.5 Å². The van der Waals surface area contributed by atoms with Crippen LogP contribution in [0.4, 0.5) is 4.79 Å². The maximum Gasteiger partial charge on any atom is 0.317 e. The van der Waals surface area contributed by atoms with Gasteiger partial charge in [0.15, 0.2) is 0 Å². The van der Waals surface area contributed by atoms with Crippen molar-refractivity contribution < 1.29 is 9.59 Å². The van der Waals surface area contributed by atoms with Gasteiger partial charge in [-0.3, -0.25) is 4.79 Å². The van der Waals surface area contributed by atoms with E-state index in [1.165, 1.54) is 0 Å². The fraction of sp³-hybridized carbons (Fsp3) is 0.391. The average Bonchev–Trinajstić information content (AvgIpc) is 2.73. The van der Waals surface area contributed by atoms with Crippen molar-refractivity contribution >= 4 is 23.5 Å². The number of nitrogens with zero attached hydrogens (tertiary/aromatic N) is 1. The minimum Gasteiger partial charge on any atom is -0.348 e. The number of urea groups is 1. The first-order chi connectivity index (χ1) is 13.9. The van der Waals surface area contributed by atoms with Gasteiger partial charge in [0.1, 0.15) is 0 Å². The molecule has 1 unspecified atom stereocenters. The Labute approximate surface area is 177 Å². The van der Waals surface area contributed by atoms with Crippen LogP contribution in [0.2, 0.25) is 5.02 Å². The van der Waals surface area contributed by atoms with E-state index in [0.29, 0.717) is 23.7 Å². The summed E-state index contributed by atoms with van der Waals surface area (Å²) in [5, 5.41) is 6.60. The van der Waals surface area contributed by atoms with Gasteiger partial charge in [0, 0.05) is 42.2 Å². The summed E-state index contributed by atoms with van der Waals surface area (Å²) in [5.74, 6) is 0.137. The van der Waals surface area contributed by atoms with E-state index in [4.69, 9.17) is 11.6 Å². The number of halogens is 1. The molecule has 0 aromatic heterocycles. The molecule has 5 nitrogen and oxygen atoms in total. The first-order valence-corrected chi connectivity index (χ1v) is 10.5. The molecule has 0 spiro atoms. The lowest BCUT2D eigenvalue weighted by atomic mass is 9.89. The van der Waals surface area contributed by atoms with Crippen LogP contribution in [0.1, 0.15) is 54.1 Å². The molecule has 3 rings (SSSR count). The van der Waals surface area contributed by atoms with E-state index in [2.05, 4.69) is 10.6 Å². The Morgan fingerprint density at radius 1 is 1.17 bits per heavy atom. The number of amides is 3. The molecule has 0 aliphatic carbocycles. The van der Waals surface area contributed by atoms with Crippen LogP contribution in [0, 0.1) is 0 Å². The summed E-state index contributed by atoms with van der Waals surface area (Å²) in [6, 6.07) is 15.3. The third kappa shape index (κ3) is 5.97. The number of rotatable bonds is 5. The fourth-order valence-corrected chi connectivity index (χ4v) is 3.72. The highest BCUT2D eigenvalue weighted by molar-refractivity contribution is 6.30. The Bertz CT molecular complexity index is 851. The Kier molecular flexibility index (Phi) is 7.15. The average molecular weight is 414 g/mol. The van der Waals surface area contributed by atoms with Gasteiger partial charge >= 0.3 is 6.03 Å². The summed E-state index contributed by atoms with van der Waals surface area (Å²) >= 11 is 5.90. The third-order valence-electron chi connectivity index (χ3n) is 5.11. The van der Waals surface area contributed by atoms with Gasteiger partial charge in [-0.15, -0.1) is 0 Å². The van der Waals surface area contributed by atoms with E-state index in [1.807, 2.05) is 67.3 Å². The maximum atomic E-state index is 12.6. The monoisotopic (exact) mass is 413 g/mol. The van der Waals surface area contributed by atoms with E-state index in [0.717, 1.165) is 30.5 Å². The van der Waals surface area contributed by atoms with E-state index in [-0.39, 0.29) is 23.9 Å². The number of hydrogen-bond donors (Lipinski definition) is 2. The zero-order chi connectivity index (χ0) is 20.8. The van der Waals surface area contributed by atoms with Crippen molar-refractivity contribution in [3.05, 3.63) is 70.2 Å². The standard InChI is InChI=1S/C23H28ClN3O2/c1-16(2)26-23(29)27-12-4-7-20(15-27)18-5-3-6-19(13-18)22(28)25-14-17-8-10-21(24)11-9-17/h3,5-6,8-11,13,16,20H,4,7,12,14-15H2,1-2H3,(H,25,28)(H,26,29). The predicted octanol–water partition coefficient (Wildman–Crippen LogP) is 4.57. The van der Waals surface area contributed by atoms with Gasteiger partial charge in [0.25, 0.3) is 5.91 Å². The molecule has 2 N–H and O–H groups in total. The van der Waals surface area contributed by atoms with Crippen LogP contribution < -0.4 is 10.6 Å². The Hall–Kier alpha value is -2.53.